The predicted molar refractivity (Wildman–Crippen MR) is 122 cm³/mol. The van der Waals surface area contributed by atoms with Crippen molar-refractivity contribution >= 4 is 29.9 Å². The van der Waals surface area contributed by atoms with Gasteiger partial charge in [0.25, 0.3) is 0 Å². The van der Waals surface area contributed by atoms with Crippen LogP contribution in [0.5, 0.6) is 0 Å². The molecule has 0 fully saturated rings. The first-order valence-electron chi connectivity index (χ1n) is 9.52. The third-order valence-corrected chi connectivity index (χ3v) is 4.80. The molecule has 3 aromatic rings. The van der Waals surface area contributed by atoms with Crippen LogP contribution in [0.15, 0.2) is 39.9 Å². The molecule has 0 bridgehead atoms. The first-order chi connectivity index (χ1) is 13.6. The average molecular weight is 507 g/mol. The Bertz CT molecular complexity index is 977. The lowest BCUT2D eigenvalue weighted by atomic mass is 10.1. The Kier molecular flexibility index (Phi) is 6.88. The summed E-state index contributed by atoms with van der Waals surface area (Å²) in [6.07, 6.45) is 3.74. The van der Waals surface area contributed by atoms with Gasteiger partial charge in [-0.25, -0.2) is 14.6 Å². The second kappa shape index (κ2) is 9.38. The van der Waals surface area contributed by atoms with E-state index in [1.165, 1.54) is 5.56 Å². The normalized spacial score (nSPS) is 16.1. The van der Waals surface area contributed by atoms with E-state index in [2.05, 4.69) is 37.6 Å². The molecule has 1 aliphatic rings. The van der Waals surface area contributed by atoms with Crippen LogP contribution < -0.4 is 10.6 Å². The number of aliphatic imine (C=N–C) groups is 1. The van der Waals surface area contributed by atoms with Crippen LogP contribution in [-0.4, -0.2) is 32.8 Å². The molecule has 0 spiro atoms. The Morgan fingerprint density at radius 2 is 2.03 bits per heavy atom. The van der Waals surface area contributed by atoms with E-state index in [-0.39, 0.29) is 30.0 Å². The molecule has 1 aromatic carbocycles. The number of halogens is 1. The van der Waals surface area contributed by atoms with Crippen LogP contribution in [0.25, 0.3) is 11.5 Å². The molecule has 1 aliphatic heterocycles. The van der Waals surface area contributed by atoms with Gasteiger partial charge in [0.2, 0.25) is 5.89 Å². The van der Waals surface area contributed by atoms with Crippen LogP contribution in [-0.2, 0) is 13.1 Å². The molecule has 29 heavy (non-hydrogen) atoms. The molecule has 154 valence electrons. The van der Waals surface area contributed by atoms with Crippen molar-refractivity contribution in [2.24, 2.45) is 4.99 Å². The Morgan fingerprint density at radius 3 is 2.79 bits per heavy atom. The highest BCUT2D eigenvalue weighted by Gasteiger charge is 2.24. The summed E-state index contributed by atoms with van der Waals surface area (Å²) >= 11 is 0. The first kappa shape index (κ1) is 21.3. The molecule has 0 saturated heterocycles. The SMILES string of the molecule is CN=C(NCc1coc(-c2ccc(C)cc2)n1)NC1CCCn2nc(C)nc21.I. The summed E-state index contributed by atoms with van der Waals surface area (Å²) in [4.78, 5) is 13.5. The van der Waals surface area contributed by atoms with Crippen molar-refractivity contribution in [1.82, 2.24) is 30.4 Å². The molecule has 0 saturated carbocycles. The van der Waals surface area contributed by atoms with Crippen LogP contribution >= 0.6 is 24.0 Å². The van der Waals surface area contributed by atoms with Gasteiger partial charge in [0, 0.05) is 19.2 Å². The van der Waals surface area contributed by atoms with Gasteiger partial charge in [-0.1, -0.05) is 17.7 Å². The van der Waals surface area contributed by atoms with Gasteiger partial charge in [-0.2, -0.15) is 5.10 Å². The van der Waals surface area contributed by atoms with Crippen molar-refractivity contribution in [3.63, 3.8) is 0 Å². The summed E-state index contributed by atoms with van der Waals surface area (Å²) in [7, 11) is 1.76. The van der Waals surface area contributed by atoms with Crippen molar-refractivity contribution in [1.29, 1.82) is 0 Å². The van der Waals surface area contributed by atoms with Crippen LogP contribution in [0.2, 0.25) is 0 Å². The lowest BCUT2D eigenvalue weighted by Gasteiger charge is -2.24. The molecule has 2 N–H and O–H groups in total. The van der Waals surface area contributed by atoms with Gasteiger partial charge in [0.1, 0.15) is 17.9 Å². The molecule has 0 amide bonds. The minimum absolute atomic E-state index is 0. The Hall–Kier alpha value is -2.43. The molecule has 2 aromatic heterocycles. The van der Waals surface area contributed by atoms with Crippen molar-refractivity contribution in [2.75, 3.05) is 7.05 Å². The van der Waals surface area contributed by atoms with Gasteiger partial charge in [-0.05, 0) is 38.8 Å². The number of hydrogen-bond acceptors (Lipinski definition) is 5. The fourth-order valence-corrected chi connectivity index (χ4v) is 3.36. The molecule has 3 heterocycles. The fraction of sp³-hybridized carbons (Fsp3) is 0.400. The maximum absolute atomic E-state index is 5.62. The summed E-state index contributed by atoms with van der Waals surface area (Å²) in [6.45, 7) is 5.42. The van der Waals surface area contributed by atoms with E-state index in [9.17, 15) is 0 Å². The second-order valence-corrected chi connectivity index (χ2v) is 7.02. The topological polar surface area (TPSA) is 93.2 Å². The van der Waals surface area contributed by atoms with Crippen LogP contribution in [0.1, 0.15) is 41.8 Å². The highest BCUT2D eigenvalue weighted by atomic mass is 127. The minimum Gasteiger partial charge on any atom is -0.444 e. The third-order valence-electron chi connectivity index (χ3n) is 4.80. The quantitative estimate of drug-likeness (QED) is 0.320. The van der Waals surface area contributed by atoms with Gasteiger partial charge >= 0.3 is 0 Å². The van der Waals surface area contributed by atoms with Crippen LogP contribution in [0.3, 0.4) is 0 Å². The summed E-state index contributed by atoms with van der Waals surface area (Å²) in [5, 5.41) is 11.2. The van der Waals surface area contributed by atoms with Crippen molar-refractivity contribution in [3.05, 3.63) is 53.4 Å². The first-order valence-corrected chi connectivity index (χ1v) is 9.52. The summed E-state index contributed by atoms with van der Waals surface area (Å²) in [5.74, 6) is 3.10. The third kappa shape index (κ3) is 4.95. The summed E-state index contributed by atoms with van der Waals surface area (Å²) < 4.78 is 7.60. The zero-order chi connectivity index (χ0) is 19.5. The molecular weight excluding hydrogens is 481 g/mol. The van der Waals surface area contributed by atoms with Crippen LogP contribution in [0, 0.1) is 13.8 Å². The average Bonchev–Trinajstić information content (AvgIpc) is 3.32. The number of benzene rings is 1. The van der Waals surface area contributed by atoms with E-state index in [4.69, 9.17) is 4.42 Å². The molecule has 0 radical (unpaired) electrons. The molecule has 1 unspecified atom stereocenters. The number of guanidine groups is 1. The highest BCUT2D eigenvalue weighted by molar-refractivity contribution is 14.0. The number of hydrogen-bond donors (Lipinski definition) is 2. The van der Waals surface area contributed by atoms with E-state index in [1.807, 2.05) is 35.9 Å². The van der Waals surface area contributed by atoms with Crippen molar-refractivity contribution < 1.29 is 4.42 Å². The lowest BCUT2D eigenvalue weighted by Crippen LogP contribution is -2.41. The summed E-state index contributed by atoms with van der Waals surface area (Å²) in [5.41, 5.74) is 3.00. The molecule has 4 rings (SSSR count). The van der Waals surface area contributed by atoms with Crippen LogP contribution in [0.4, 0.5) is 0 Å². The summed E-state index contributed by atoms with van der Waals surface area (Å²) in [6, 6.07) is 8.23. The molecule has 1 atom stereocenters. The Balaban J connectivity index is 0.00000240. The van der Waals surface area contributed by atoms with Crippen molar-refractivity contribution in [2.45, 2.75) is 45.8 Å². The number of oxazole rings is 1. The molecule has 9 heteroatoms. The molecule has 0 aliphatic carbocycles. The predicted octanol–water partition coefficient (Wildman–Crippen LogP) is 3.37. The largest absolute Gasteiger partial charge is 0.444 e. The fourth-order valence-electron chi connectivity index (χ4n) is 3.36. The molecular formula is C20H26IN7O. The van der Waals surface area contributed by atoms with E-state index in [1.54, 1.807) is 13.3 Å². The number of aryl methyl sites for hydroxylation is 3. The van der Waals surface area contributed by atoms with Gasteiger partial charge in [0.05, 0.1) is 18.3 Å². The van der Waals surface area contributed by atoms with Gasteiger partial charge < -0.3 is 15.1 Å². The number of rotatable bonds is 4. The number of aromatic nitrogens is 4. The maximum Gasteiger partial charge on any atom is 0.226 e. The monoisotopic (exact) mass is 507 g/mol. The Morgan fingerprint density at radius 1 is 1.24 bits per heavy atom. The van der Waals surface area contributed by atoms with Gasteiger partial charge in [-0.15, -0.1) is 24.0 Å². The highest BCUT2D eigenvalue weighted by Crippen LogP contribution is 2.23. The zero-order valence-corrected chi connectivity index (χ0v) is 19.2. The lowest BCUT2D eigenvalue weighted by molar-refractivity contribution is 0.397. The van der Waals surface area contributed by atoms with E-state index < -0.39 is 0 Å². The van der Waals surface area contributed by atoms with Gasteiger partial charge in [-0.3, -0.25) is 4.99 Å². The second-order valence-electron chi connectivity index (χ2n) is 7.02. The molecule has 8 nitrogen and oxygen atoms in total. The smallest absolute Gasteiger partial charge is 0.226 e. The zero-order valence-electron chi connectivity index (χ0n) is 16.8. The van der Waals surface area contributed by atoms with E-state index >= 15 is 0 Å². The minimum atomic E-state index is 0. The van der Waals surface area contributed by atoms with Crippen molar-refractivity contribution in [3.8, 4) is 11.5 Å². The number of nitrogens with one attached hydrogen (secondary N) is 2. The number of fused-ring (bicyclic) bond motifs is 1. The van der Waals surface area contributed by atoms with Gasteiger partial charge in [0.15, 0.2) is 5.96 Å². The maximum atomic E-state index is 5.62. The van der Waals surface area contributed by atoms with E-state index in [0.717, 1.165) is 42.3 Å². The Labute approximate surface area is 187 Å². The standard InChI is InChI=1S/C20H25N7O.HI/c1-13-6-8-15(9-7-13)19-24-16(12-28-19)11-22-20(21-3)25-17-5-4-10-27-18(17)23-14(2)26-27;/h6-9,12,17H,4-5,10-11H2,1-3H3,(H2,21,22,25);1H. The van der Waals surface area contributed by atoms with E-state index in [0.29, 0.717) is 18.4 Å². The number of nitrogens with zero attached hydrogens (tertiary/aromatic N) is 5.